The first-order valence-electron chi connectivity index (χ1n) is 11.7. The van der Waals surface area contributed by atoms with Crippen molar-refractivity contribution >= 4 is 48.3 Å². The van der Waals surface area contributed by atoms with Crippen molar-refractivity contribution in [3.05, 3.63) is 42.0 Å². The third-order valence-electron chi connectivity index (χ3n) is 6.33. The number of rotatable bonds is 6. The fourth-order valence-electron chi connectivity index (χ4n) is 4.44. The van der Waals surface area contributed by atoms with Crippen molar-refractivity contribution in [2.24, 2.45) is 0 Å². The lowest BCUT2D eigenvalue weighted by atomic mass is 10.1. The molecule has 2 aliphatic rings. The number of aromatic nitrogens is 1. The molecule has 0 atom stereocenters. The molecule has 35 heavy (non-hydrogen) atoms. The van der Waals surface area contributed by atoms with Crippen LogP contribution < -0.4 is 15.0 Å². The van der Waals surface area contributed by atoms with E-state index >= 15 is 0 Å². The summed E-state index contributed by atoms with van der Waals surface area (Å²) in [6, 6.07) is 10.4. The smallest absolute Gasteiger partial charge is 0.259 e. The predicted molar refractivity (Wildman–Crippen MR) is 136 cm³/mol. The van der Waals surface area contributed by atoms with Crippen LogP contribution in [0.5, 0.6) is 5.75 Å². The van der Waals surface area contributed by atoms with E-state index in [-0.39, 0.29) is 4.90 Å². The van der Waals surface area contributed by atoms with E-state index in [1.165, 1.54) is 21.7 Å². The topological polar surface area (TPSA) is 101 Å². The number of ether oxygens (including phenoxy) is 2. The highest BCUT2D eigenvalue weighted by Gasteiger charge is 2.29. The summed E-state index contributed by atoms with van der Waals surface area (Å²) in [5.74, 6) is 0.317. The lowest BCUT2D eigenvalue weighted by Crippen LogP contribution is -2.38. The molecule has 1 amide bonds. The maximum atomic E-state index is 13.5. The molecule has 0 unspecified atom stereocenters. The van der Waals surface area contributed by atoms with Gasteiger partial charge < -0.3 is 14.4 Å². The second-order valence-corrected chi connectivity index (χ2v) is 11.5. The summed E-state index contributed by atoms with van der Waals surface area (Å²) in [5, 5.41) is 3.32. The molecule has 0 aliphatic carbocycles. The van der Waals surface area contributed by atoms with Crippen molar-refractivity contribution in [3.8, 4) is 5.75 Å². The van der Waals surface area contributed by atoms with Crippen molar-refractivity contribution in [1.82, 2.24) is 9.29 Å². The number of carbonyl (C=O) groups excluding carboxylic acids is 1. The fourth-order valence-corrected chi connectivity index (χ4v) is 6.87. The Bertz CT molecular complexity index is 1330. The van der Waals surface area contributed by atoms with Gasteiger partial charge in [0.25, 0.3) is 5.91 Å². The first-order chi connectivity index (χ1) is 17.0. The number of methoxy groups -OCH3 is 1. The molecule has 2 fully saturated rings. The Hall–Kier alpha value is -2.73. The molecule has 5 rings (SSSR count). The van der Waals surface area contributed by atoms with Gasteiger partial charge in [0, 0.05) is 31.9 Å². The number of morpholine rings is 1. The van der Waals surface area contributed by atoms with Gasteiger partial charge in [-0.1, -0.05) is 17.8 Å². The van der Waals surface area contributed by atoms with E-state index in [2.05, 4.69) is 15.2 Å². The molecule has 0 radical (unpaired) electrons. The van der Waals surface area contributed by atoms with E-state index in [4.69, 9.17) is 9.47 Å². The highest BCUT2D eigenvalue weighted by Crippen LogP contribution is 2.32. The maximum absolute atomic E-state index is 13.5. The summed E-state index contributed by atoms with van der Waals surface area (Å²) in [6.07, 6.45) is 2.73. The van der Waals surface area contributed by atoms with Crippen molar-refractivity contribution in [1.29, 1.82) is 0 Å². The van der Waals surface area contributed by atoms with Crippen LogP contribution in [0.4, 0.5) is 10.8 Å². The minimum absolute atomic E-state index is 0.135. The summed E-state index contributed by atoms with van der Waals surface area (Å²) in [6.45, 7) is 3.36. The van der Waals surface area contributed by atoms with E-state index in [1.807, 2.05) is 18.2 Å². The van der Waals surface area contributed by atoms with Gasteiger partial charge in [-0.2, -0.15) is 4.31 Å². The van der Waals surface area contributed by atoms with E-state index < -0.39 is 15.9 Å². The van der Waals surface area contributed by atoms with E-state index in [1.54, 1.807) is 19.2 Å². The first kappa shape index (κ1) is 24.0. The summed E-state index contributed by atoms with van der Waals surface area (Å²) in [4.78, 5) is 20.2. The van der Waals surface area contributed by atoms with E-state index in [9.17, 15) is 13.2 Å². The third kappa shape index (κ3) is 4.99. The SMILES string of the molecule is COc1ccc2nc(NC(=O)c3cc(S(=O)(=O)N4CCCCC4)ccc3N3CCOCC3)sc2c1. The standard InChI is InChI=1S/C24H28N4O5S2/c1-32-17-5-7-20-22(15-17)34-24(25-20)26-23(29)19-16-18(35(30,31)28-9-3-2-4-10-28)6-8-21(19)27-11-13-33-14-12-27/h5-8,15-16H,2-4,9-14H2,1H3,(H,25,26,29). The van der Waals surface area contributed by atoms with Gasteiger partial charge in [0.05, 0.1) is 41.0 Å². The molecule has 2 aliphatic heterocycles. The van der Waals surface area contributed by atoms with E-state index in [0.29, 0.717) is 61.5 Å². The van der Waals surface area contributed by atoms with Gasteiger partial charge in [-0.05, 0) is 49.2 Å². The molecule has 3 heterocycles. The number of anilines is 2. The minimum Gasteiger partial charge on any atom is -0.497 e. The van der Waals surface area contributed by atoms with Gasteiger partial charge in [-0.3, -0.25) is 10.1 Å². The number of piperidine rings is 1. The minimum atomic E-state index is -3.68. The Morgan fingerprint density at radius 2 is 1.83 bits per heavy atom. The molecule has 11 heteroatoms. The number of amides is 1. The number of hydrogen-bond acceptors (Lipinski definition) is 8. The monoisotopic (exact) mass is 516 g/mol. The average Bonchev–Trinajstić information content (AvgIpc) is 3.30. The van der Waals surface area contributed by atoms with Crippen LogP contribution in [-0.4, -0.2) is 70.1 Å². The zero-order chi connectivity index (χ0) is 24.4. The number of fused-ring (bicyclic) bond motifs is 1. The van der Waals surface area contributed by atoms with Crippen LogP contribution in [0.2, 0.25) is 0 Å². The van der Waals surface area contributed by atoms with Gasteiger partial charge in [-0.15, -0.1) is 0 Å². The molecule has 0 saturated carbocycles. The molecule has 3 aromatic rings. The quantitative estimate of drug-likeness (QED) is 0.535. The largest absolute Gasteiger partial charge is 0.497 e. The third-order valence-corrected chi connectivity index (χ3v) is 9.16. The zero-order valence-electron chi connectivity index (χ0n) is 19.5. The van der Waals surface area contributed by atoms with Crippen LogP contribution in [0.3, 0.4) is 0 Å². The summed E-state index contributed by atoms with van der Waals surface area (Å²) >= 11 is 1.34. The summed E-state index contributed by atoms with van der Waals surface area (Å²) in [7, 11) is -2.08. The number of nitrogens with one attached hydrogen (secondary N) is 1. The predicted octanol–water partition coefficient (Wildman–Crippen LogP) is 3.57. The molecule has 9 nitrogen and oxygen atoms in total. The highest BCUT2D eigenvalue weighted by molar-refractivity contribution is 7.89. The van der Waals surface area contributed by atoms with Crippen LogP contribution in [-0.2, 0) is 14.8 Å². The Morgan fingerprint density at radius 3 is 2.57 bits per heavy atom. The van der Waals surface area contributed by atoms with Crippen molar-refractivity contribution in [2.75, 3.05) is 56.7 Å². The number of thiazole rings is 1. The van der Waals surface area contributed by atoms with Crippen LogP contribution in [0.15, 0.2) is 41.3 Å². The van der Waals surface area contributed by atoms with Gasteiger partial charge >= 0.3 is 0 Å². The van der Waals surface area contributed by atoms with Crippen LogP contribution in [0.1, 0.15) is 29.6 Å². The summed E-state index contributed by atoms with van der Waals surface area (Å²) < 4.78 is 39.8. The maximum Gasteiger partial charge on any atom is 0.259 e. The Kier molecular flexibility index (Phi) is 6.92. The van der Waals surface area contributed by atoms with Gasteiger partial charge in [-0.25, -0.2) is 13.4 Å². The number of nitrogens with zero attached hydrogens (tertiary/aromatic N) is 3. The highest BCUT2D eigenvalue weighted by atomic mass is 32.2. The molecule has 2 aromatic carbocycles. The Morgan fingerprint density at radius 1 is 1.06 bits per heavy atom. The first-order valence-corrected chi connectivity index (χ1v) is 13.9. The van der Waals surface area contributed by atoms with E-state index in [0.717, 1.165) is 29.5 Å². The lowest BCUT2D eigenvalue weighted by Gasteiger charge is -2.31. The number of carbonyl (C=O) groups is 1. The molecule has 1 aromatic heterocycles. The molecular weight excluding hydrogens is 488 g/mol. The molecule has 0 bridgehead atoms. The normalized spacial score (nSPS) is 17.5. The van der Waals surface area contributed by atoms with Gasteiger partial charge in [0.1, 0.15) is 5.75 Å². The van der Waals surface area contributed by atoms with Crippen molar-refractivity contribution in [3.63, 3.8) is 0 Å². The van der Waals surface area contributed by atoms with Gasteiger partial charge in [0.15, 0.2) is 5.13 Å². The molecule has 0 spiro atoms. The zero-order valence-corrected chi connectivity index (χ0v) is 21.2. The van der Waals surface area contributed by atoms with Crippen molar-refractivity contribution < 1.29 is 22.7 Å². The second kappa shape index (κ2) is 10.1. The Balaban J connectivity index is 1.49. The van der Waals surface area contributed by atoms with Crippen molar-refractivity contribution in [2.45, 2.75) is 24.2 Å². The molecule has 2 saturated heterocycles. The average molecular weight is 517 g/mol. The number of hydrogen-bond donors (Lipinski definition) is 1. The van der Waals surface area contributed by atoms with Crippen LogP contribution in [0, 0.1) is 0 Å². The van der Waals surface area contributed by atoms with Crippen LogP contribution in [0.25, 0.3) is 10.2 Å². The second-order valence-electron chi connectivity index (χ2n) is 8.55. The molecule has 186 valence electrons. The molecular formula is C24H28N4O5S2. The fraction of sp³-hybridized carbons (Fsp3) is 0.417. The van der Waals surface area contributed by atoms with Gasteiger partial charge in [0.2, 0.25) is 10.0 Å². The van der Waals surface area contributed by atoms with Crippen LogP contribution >= 0.6 is 11.3 Å². The lowest BCUT2D eigenvalue weighted by molar-refractivity contribution is 0.102. The number of sulfonamides is 1. The molecule has 1 N–H and O–H groups in total. The Labute approximate surface area is 208 Å². The number of benzene rings is 2. The summed E-state index contributed by atoms with van der Waals surface area (Å²) in [5.41, 5.74) is 1.74.